The maximum absolute atomic E-state index is 11.7. The Labute approximate surface area is 90.1 Å². The third-order valence-electron chi connectivity index (χ3n) is 4.03. The number of carbonyl (C=O) groups excluding carboxylic acids is 1. The Hall–Kier alpha value is -0.410. The summed E-state index contributed by atoms with van der Waals surface area (Å²) in [6.07, 6.45) is 6.10. The van der Waals surface area contributed by atoms with Crippen molar-refractivity contribution in [1.29, 1.82) is 0 Å². The summed E-state index contributed by atoms with van der Waals surface area (Å²) in [4.78, 5) is 11.7. The van der Waals surface area contributed by atoms with E-state index in [1.54, 1.807) is 0 Å². The first kappa shape index (κ1) is 9.79. The zero-order chi connectivity index (χ0) is 10.3. The molecule has 0 N–H and O–H groups in total. The van der Waals surface area contributed by atoms with E-state index in [2.05, 4.69) is 0 Å². The van der Waals surface area contributed by atoms with Crippen LogP contribution in [0.1, 0.15) is 38.5 Å². The number of hydrogen-bond donors (Lipinski definition) is 0. The molecule has 3 heteroatoms. The molecular formula is C12H18O3. The highest BCUT2D eigenvalue weighted by atomic mass is 16.7. The largest absolute Gasteiger partial charge is 0.349 e. The first-order valence-corrected chi connectivity index (χ1v) is 6.11. The van der Waals surface area contributed by atoms with Gasteiger partial charge in [0.2, 0.25) is 0 Å². The summed E-state index contributed by atoms with van der Waals surface area (Å²) in [5.74, 6) is 0.426. The summed E-state index contributed by atoms with van der Waals surface area (Å²) in [6, 6.07) is 0. The maximum atomic E-state index is 11.7. The average Bonchev–Trinajstić information content (AvgIpc) is 2.68. The first-order chi connectivity index (χ1) is 7.30. The van der Waals surface area contributed by atoms with Crippen molar-refractivity contribution in [3.05, 3.63) is 0 Å². The van der Waals surface area contributed by atoms with E-state index < -0.39 is 5.79 Å². The molecule has 2 bridgehead atoms. The monoisotopic (exact) mass is 210 g/mol. The molecule has 0 aromatic rings. The molecule has 1 spiro atoms. The summed E-state index contributed by atoms with van der Waals surface area (Å²) >= 11 is 0. The van der Waals surface area contributed by atoms with Gasteiger partial charge in [-0.05, 0) is 31.6 Å². The van der Waals surface area contributed by atoms with Crippen molar-refractivity contribution >= 4 is 5.78 Å². The molecule has 1 heterocycles. The smallest absolute Gasteiger partial charge is 0.178 e. The normalized spacial score (nSPS) is 39.3. The average molecular weight is 210 g/mol. The summed E-state index contributed by atoms with van der Waals surface area (Å²) in [7, 11) is 0. The Balaban J connectivity index is 1.79. The second-order valence-electron chi connectivity index (χ2n) is 5.10. The second kappa shape index (κ2) is 3.56. The SMILES string of the molecule is O=C1CC2CC1C1(C2)OCCCCCO1. The molecule has 1 saturated heterocycles. The number of fused-ring (bicyclic) bond motifs is 3. The van der Waals surface area contributed by atoms with Gasteiger partial charge < -0.3 is 9.47 Å². The molecule has 84 valence electrons. The lowest BCUT2D eigenvalue weighted by Crippen LogP contribution is -2.46. The number of carbonyl (C=O) groups is 1. The molecule has 3 nitrogen and oxygen atoms in total. The van der Waals surface area contributed by atoms with Gasteiger partial charge in [0.25, 0.3) is 0 Å². The van der Waals surface area contributed by atoms with Gasteiger partial charge in [-0.15, -0.1) is 0 Å². The first-order valence-electron chi connectivity index (χ1n) is 6.11. The van der Waals surface area contributed by atoms with E-state index in [4.69, 9.17) is 9.47 Å². The standard InChI is InChI=1S/C12H18O3/c13-11-7-9-6-10(11)12(8-9)14-4-2-1-3-5-15-12/h9-10H,1-8H2. The van der Waals surface area contributed by atoms with E-state index >= 15 is 0 Å². The molecule has 0 amide bonds. The van der Waals surface area contributed by atoms with Crippen molar-refractivity contribution in [3.63, 3.8) is 0 Å². The van der Waals surface area contributed by atoms with Crippen LogP contribution in [0.4, 0.5) is 0 Å². The maximum Gasteiger partial charge on any atom is 0.178 e. The lowest BCUT2D eigenvalue weighted by molar-refractivity contribution is -0.263. The molecule has 2 atom stereocenters. The highest BCUT2D eigenvalue weighted by Crippen LogP contribution is 2.51. The van der Waals surface area contributed by atoms with E-state index in [1.165, 1.54) is 6.42 Å². The van der Waals surface area contributed by atoms with Crippen LogP contribution < -0.4 is 0 Å². The van der Waals surface area contributed by atoms with Crippen molar-refractivity contribution in [1.82, 2.24) is 0 Å². The highest BCUT2D eigenvalue weighted by Gasteiger charge is 2.57. The van der Waals surface area contributed by atoms with Crippen molar-refractivity contribution < 1.29 is 14.3 Å². The number of ketones is 1. The predicted octanol–water partition coefficient (Wildman–Crippen LogP) is 1.90. The minimum absolute atomic E-state index is 0.0422. The molecule has 2 aliphatic carbocycles. The van der Waals surface area contributed by atoms with Crippen LogP contribution in [-0.2, 0) is 14.3 Å². The summed E-state index contributed by atoms with van der Waals surface area (Å²) in [6.45, 7) is 1.52. The van der Waals surface area contributed by atoms with Gasteiger partial charge in [0.15, 0.2) is 5.79 Å². The third kappa shape index (κ3) is 1.53. The fraction of sp³-hybridized carbons (Fsp3) is 0.917. The van der Waals surface area contributed by atoms with Gasteiger partial charge in [-0.2, -0.15) is 0 Å². The van der Waals surface area contributed by atoms with Crippen LogP contribution in [-0.4, -0.2) is 24.8 Å². The third-order valence-corrected chi connectivity index (χ3v) is 4.03. The molecular weight excluding hydrogens is 192 g/mol. The lowest BCUT2D eigenvalue weighted by atomic mass is 9.92. The van der Waals surface area contributed by atoms with Crippen LogP contribution in [0.3, 0.4) is 0 Å². The predicted molar refractivity (Wildman–Crippen MR) is 54.3 cm³/mol. The minimum atomic E-state index is -0.513. The fourth-order valence-corrected chi connectivity index (χ4v) is 3.33. The van der Waals surface area contributed by atoms with Crippen LogP contribution in [0.15, 0.2) is 0 Å². The number of ether oxygens (including phenoxy) is 2. The van der Waals surface area contributed by atoms with Gasteiger partial charge in [0.1, 0.15) is 5.78 Å². The second-order valence-corrected chi connectivity index (χ2v) is 5.10. The van der Waals surface area contributed by atoms with Crippen LogP contribution in [0.25, 0.3) is 0 Å². The van der Waals surface area contributed by atoms with Crippen molar-refractivity contribution in [3.8, 4) is 0 Å². The summed E-state index contributed by atoms with van der Waals surface area (Å²) in [5, 5.41) is 0. The quantitative estimate of drug-likeness (QED) is 0.612. The van der Waals surface area contributed by atoms with Crippen LogP contribution in [0.5, 0.6) is 0 Å². The van der Waals surface area contributed by atoms with E-state index in [0.717, 1.165) is 45.3 Å². The van der Waals surface area contributed by atoms with E-state index in [-0.39, 0.29) is 5.92 Å². The van der Waals surface area contributed by atoms with Crippen molar-refractivity contribution in [2.75, 3.05) is 13.2 Å². The van der Waals surface area contributed by atoms with E-state index in [1.807, 2.05) is 0 Å². The number of rotatable bonds is 0. The molecule has 0 aromatic carbocycles. The van der Waals surface area contributed by atoms with Crippen molar-refractivity contribution in [2.24, 2.45) is 11.8 Å². The van der Waals surface area contributed by atoms with E-state index in [9.17, 15) is 4.79 Å². The zero-order valence-electron chi connectivity index (χ0n) is 9.04. The Morgan fingerprint density at radius 1 is 1.13 bits per heavy atom. The Kier molecular flexibility index (Phi) is 2.33. The summed E-state index contributed by atoms with van der Waals surface area (Å²) in [5.41, 5.74) is 0. The molecule has 3 fully saturated rings. The topological polar surface area (TPSA) is 35.5 Å². The fourth-order valence-electron chi connectivity index (χ4n) is 3.33. The van der Waals surface area contributed by atoms with Crippen LogP contribution in [0, 0.1) is 11.8 Å². The highest BCUT2D eigenvalue weighted by molar-refractivity contribution is 5.85. The van der Waals surface area contributed by atoms with E-state index in [0.29, 0.717) is 11.7 Å². The Bertz CT molecular complexity index is 266. The Morgan fingerprint density at radius 3 is 2.47 bits per heavy atom. The van der Waals surface area contributed by atoms with Gasteiger partial charge in [-0.1, -0.05) is 0 Å². The van der Waals surface area contributed by atoms with Gasteiger partial charge in [-0.25, -0.2) is 0 Å². The van der Waals surface area contributed by atoms with Gasteiger partial charge in [0, 0.05) is 12.8 Å². The van der Waals surface area contributed by atoms with Gasteiger partial charge >= 0.3 is 0 Å². The van der Waals surface area contributed by atoms with Crippen LogP contribution in [0.2, 0.25) is 0 Å². The number of Topliss-reactive ketones (excluding diaryl/α,β-unsaturated/α-hetero) is 1. The molecule has 0 aromatic heterocycles. The molecule has 2 saturated carbocycles. The summed E-state index contributed by atoms with van der Waals surface area (Å²) < 4.78 is 11.8. The molecule has 3 aliphatic rings. The lowest BCUT2D eigenvalue weighted by Gasteiger charge is -2.37. The molecule has 1 aliphatic heterocycles. The number of hydrogen-bond acceptors (Lipinski definition) is 3. The minimum Gasteiger partial charge on any atom is -0.349 e. The molecule has 3 rings (SSSR count). The molecule has 0 radical (unpaired) electrons. The van der Waals surface area contributed by atoms with Gasteiger partial charge in [-0.3, -0.25) is 4.79 Å². The van der Waals surface area contributed by atoms with Crippen molar-refractivity contribution in [2.45, 2.75) is 44.3 Å². The van der Waals surface area contributed by atoms with Crippen LogP contribution >= 0.6 is 0 Å². The van der Waals surface area contributed by atoms with Gasteiger partial charge in [0.05, 0.1) is 19.1 Å². The Morgan fingerprint density at radius 2 is 1.87 bits per heavy atom. The zero-order valence-corrected chi connectivity index (χ0v) is 9.04. The molecule has 2 unspecified atom stereocenters. The molecule has 15 heavy (non-hydrogen) atoms.